The van der Waals surface area contributed by atoms with Gasteiger partial charge < -0.3 is 10.6 Å². The first-order valence-corrected chi connectivity index (χ1v) is 10.6. The lowest BCUT2D eigenvalue weighted by Crippen LogP contribution is -2.37. The Balaban J connectivity index is 1.83. The molecule has 5 heteroatoms. The second-order valence-corrected chi connectivity index (χ2v) is 8.53. The minimum Gasteiger partial charge on any atom is -0.318 e. The van der Waals surface area contributed by atoms with Crippen molar-refractivity contribution in [3.63, 3.8) is 0 Å². The summed E-state index contributed by atoms with van der Waals surface area (Å²) < 4.78 is 1.91. The van der Waals surface area contributed by atoms with E-state index in [1.807, 2.05) is 48.1 Å². The van der Waals surface area contributed by atoms with Crippen molar-refractivity contribution in [3.05, 3.63) is 36.4 Å². The summed E-state index contributed by atoms with van der Waals surface area (Å²) >= 11 is 0. The van der Waals surface area contributed by atoms with Crippen LogP contribution in [0.15, 0.2) is 36.4 Å². The number of rotatable bonds is 7. The van der Waals surface area contributed by atoms with Crippen LogP contribution in [0.2, 0.25) is 0 Å². The number of carbonyl (C=O) groups is 1. The molecule has 28 heavy (non-hydrogen) atoms. The Morgan fingerprint density at radius 3 is 2.68 bits per heavy atom. The largest absolute Gasteiger partial charge is 0.318 e. The molecule has 2 N–H and O–H groups in total. The van der Waals surface area contributed by atoms with Crippen LogP contribution in [0.3, 0.4) is 0 Å². The lowest BCUT2D eigenvalue weighted by atomic mass is 9.70. The molecule has 0 radical (unpaired) electrons. The summed E-state index contributed by atoms with van der Waals surface area (Å²) in [5.74, 6) is 2.61. The van der Waals surface area contributed by atoms with Crippen LogP contribution in [0.25, 0.3) is 11.3 Å². The van der Waals surface area contributed by atoms with Crippen molar-refractivity contribution in [2.45, 2.75) is 46.6 Å². The molecule has 1 fully saturated rings. The molecule has 1 aromatic carbocycles. The van der Waals surface area contributed by atoms with Gasteiger partial charge in [-0.25, -0.2) is 4.68 Å². The van der Waals surface area contributed by atoms with Crippen molar-refractivity contribution in [1.29, 1.82) is 0 Å². The monoisotopic (exact) mass is 382 g/mol. The fourth-order valence-corrected chi connectivity index (χ4v) is 4.38. The van der Waals surface area contributed by atoms with Crippen LogP contribution in [-0.4, -0.2) is 29.3 Å². The maximum atomic E-state index is 13.2. The van der Waals surface area contributed by atoms with Crippen molar-refractivity contribution in [1.82, 2.24) is 15.1 Å². The number of carbonyl (C=O) groups excluding carboxylic acids is 1. The molecule has 2 aromatic rings. The van der Waals surface area contributed by atoms with E-state index < -0.39 is 0 Å². The average Bonchev–Trinajstić information content (AvgIpc) is 3.09. The zero-order valence-corrected chi connectivity index (χ0v) is 17.6. The zero-order chi connectivity index (χ0) is 20.1. The van der Waals surface area contributed by atoms with Crippen LogP contribution >= 0.6 is 0 Å². The molecule has 3 unspecified atom stereocenters. The third-order valence-electron chi connectivity index (χ3n) is 6.03. The third kappa shape index (κ3) is 4.82. The van der Waals surface area contributed by atoms with E-state index in [-0.39, 0.29) is 11.8 Å². The van der Waals surface area contributed by atoms with Gasteiger partial charge >= 0.3 is 0 Å². The van der Waals surface area contributed by atoms with Gasteiger partial charge in [0.1, 0.15) is 5.82 Å². The smallest absolute Gasteiger partial charge is 0.228 e. The van der Waals surface area contributed by atoms with E-state index in [2.05, 4.69) is 31.4 Å². The fourth-order valence-electron chi connectivity index (χ4n) is 4.38. The number of anilines is 1. The second-order valence-electron chi connectivity index (χ2n) is 8.53. The van der Waals surface area contributed by atoms with Crippen molar-refractivity contribution in [3.8, 4) is 11.3 Å². The van der Waals surface area contributed by atoms with E-state index in [1.165, 1.54) is 6.42 Å². The second kappa shape index (κ2) is 9.37. The summed E-state index contributed by atoms with van der Waals surface area (Å²) in [7, 11) is 1.93. The average molecular weight is 383 g/mol. The molecule has 0 aliphatic heterocycles. The van der Waals surface area contributed by atoms with Crippen LogP contribution in [0.1, 0.15) is 40.0 Å². The van der Waals surface area contributed by atoms with Gasteiger partial charge in [-0.3, -0.25) is 4.79 Å². The van der Waals surface area contributed by atoms with Gasteiger partial charge in [0.15, 0.2) is 0 Å². The standard InChI is InChI=1S/C23H34N4O/c1-16(2)19-11-10-17(3)14-20(19)23(28)25-22-15-21(18-8-6-5-7-9-18)26-27(22)13-12-24-4/h5-9,15-17,19-20,24H,10-14H2,1-4H3,(H,25,28). The molecule has 5 nitrogen and oxygen atoms in total. The van der Waals surface area contributed by atoms with Gasteiger partial charge in [-0.15, -0.1) is 0 Å². The lowest BCUT2D eigenvalue weighted by molar-refractivity contribution is -0.124. The zero-order valence-electron chi connectivity index (χ0n) is 17.6. The van der Waals surface area contributed by atoms with Gasteiger partial charge in [0, 0.05) is 24.1 Å². The number of hydrogen-bond acceptors (Lipinski definition) is 3. The van der Waals surface area contributed by atoms with Crippen LogP contribution in [0.4, 0.5) is 5.82 Å². The van der Waals surface area contributed by atoms with Crippen LogP contribution in [-0.2, 0) is 11.3 Å². The van der Waals surface area contributed by atoms with E-state index in [1.54, 1.807) is 0 Å². The van der Waals surface area contributed by atoms with Gasteiger partial charge in [-0.05, 0) is 37.6 Å². The van der Waals surface area contributed by atoms with Crippen LogP contribution in [0.5, 0.6) is 0 Å². The molecule has 0 saturated heterocycles. The summed E-state index contributed by atoms with van der Waals surface area (Å²) in [6.45, 7) is 8.26. The number of amides is 1. The first-order chi connectivity index (χ1) is 13.5. The Morgan fingerprint density at radius 2 is 2.00 bits per heavy atom. The molecule has 3 atom stereocenters. The SMILES string of the molecule is CNCCn1nc(-c2ccccc2)cc1NC(=O)C1CC(C)CCC1C(C)C. The summed E-state index contributed by atoms with van der Waals surface area (Å²) in [5.41, 5.74) is 1.96. The van der Waals surface area contributed by atoms with Gasteiger partial charge in [0.2, 0.25) is 5.91 Å². The number of likely N-dealkylation sites (N-methyl/N-ethyl adjacent to an activating group) is 1. The maximum absolute atomic E-state index is 13.2. The molecule has 1 saturated carbocycles. The highest BCUT2D eigenvalue weighted by molar-refractivity contribution is 5.92. The van der Waals surface area contributed by atoms with Crippen LogP contribution < -0.4 is 10.6 Å². The highest BCUT2D eigenvalue weighted by atomic mass is 16.2. The van der Waals surface area contributed by atoms with Gasteiger partial charge in [0.25, 0.3) is 0 Å². The number of hydrogen-bond donors (Lipinski definition) is 2. The molecule has 1 amide bonds. The minimum absolute atomic E-state index is 0.0802. The first kappa shape index (κ1) is 20.6. The topological polar surface area (TPSA) is 59.0 Å². The highest BCUT2D eigenvalue weighted by Gasteiger charge is 2.35. The molecule has 1 aromatic heterocycles. The van der Waals surface area contributed by atoms with E-state index in [4.69, 9.17) is 5.10 Å². The van der Waals surface area contributed by atoms with E-state index in [9.17, 15) is 4.79 Å². The maximum Gasteiger partial charge on any atom is 0.228 e. The van der Waals surface area contributed by atoms with Crippen LogP contribution in [0, 0.1) is 23.7 Å². The first-order valence-electron chi connectivity index (χ1n) is 10.6. The van der Waals surface area contributed by atoms with Gasteiger partial charge in [0.05, 0.1) is 12.2 Å². The molecule has 3 rings (SSSR count). The van der Waals surface area contributed by atoms with Crippen molar-refractivity contribution in [2.75, 3.05) is 18.9 Å². The molecule has 152 valence electrons. The summed E-state index contributed by atoms with van der Waals surface area (Å²) in [5, 5.41) is 11.1. The Kier molecular flexibility index (Phi) is 6.89. The van der Waals surface area contributed by atoms with Crippen molar-refractivity contribution < 1.29 is 4.79 Å². The Labute approximate surface area is 168 Å². The molecule has 1 aliphatic rings. The van der Waals surface area contributed by atoms with E-state index in [0.717, 1.165) is 36.5 Å². The Morgan fingerprint density at radius 1 is 1.25 bits per heavy atom. The predicted molar refractivity (Wildman–Crippen MR) is 115 cm³/mol. The molecule has 0 spiro atoms. The number of nitrogens with zero attached hydrogens (tertiary/aromatic N) is 2. The van der Waals surface area contributed by atoms with E-state index in [0.29, 0.717) is 24.3 Å². The Bertz CT molecular complexity index is 768. The lowest BCUT2D eigenvalue weighted by Gasteiger charge is -2.36. The van der Waals surface area contributed by atoms with E-state index >= 15 is 0 Å². The van der Waals surface area contributed by atoms with Gasteiger partial charge in [-0.1, -0.05) is 57.5 Å². The van der Waals surface area contributed by atoms with Crippen molar-refractivity contribution >= 4 is 11.7 Å². The molecular formula is C23H34N4O. The molecule has 1 aliphatic carbocycles. The quantitative estimate of drug-likeness (QED) is 0.745. The fraction of sp³-hybridized carbons (Fsp3) is 0.565. The Hall–Kier alpha value is -2.14. The summed E-state index contributed by atoms with van der Waals surface area (Å²) in [4.78, 5) is 13.2. The molecule has 0 bridgehead atoms. The predicted octanol–water partition coefficient (Wildman–Crippen LogP) is 4.42. The van der Waals surface area contributed by atoms with Gasteiger partial charge in [-0.2, -0.15) is 5.10 Å². The number of nitrogens with one attached hydrogen (secondary N) is 2. The highest BCUT2D eigenvalue weighted by Crippen LogP contribution is 2.38. The molecular weight excluding hydrogens is 348 g/mol. The minimum atomic E-state index is 0.0802. The van der Waals surface area contributed by atoms with Crippen molar-refractivity contribution in [2.24, 2.45) is 23.7 Å². The normalized spacial score (nSPS) is 22.4. The summed E-state index contributed by atoms with van der Waals surface area (Å²) in [6.07, 6.45) is 3.35. The third-order valence-corrected chi connectivity index (χ3v) is 6.03. The number of benzene rings is 1. The summed E-state index contributed by atoms with van der Waals surface area (Å²) in [6, 6.07) is 12.1. The number of aromatic nitrogens is 2. The molecule has 1 heterocycles.